The van der Waals surface area contributed by atoms with E-state index >= 15 is 0 Å². The van der Waals surface area contributed by atoms with Gasteiger partial charge in [-0.25, -0.2) is 4.98 Å². The number of imidazole rings is 1. The number of benzene rings is 2. The van der Waals surface area contributed by atoms with Crippen LogP contribution in [0.2, 0.25) is 0 Å². The van der Waals surface area contributed by atoms with Gasteiger partial charge in [-0.15, -0.1) is 0 Å². The summed E-state index contributed by atoms with van der Waals surface area (Å²) in [5.74, 6) is 0. The molecule has 1 aliphatic rings. The normalized spacial score (nSPS) is 20.2. The van der Waals surface area contributed by atoms with E-state index in [0.717, 1.165) is 19.6 Å². The first-order chi connectivity index (χ1) is 11.4. The average Bonchev–Trinajstić information content (AvgIpc) is 3.14. The van der Waals surface area contributed by atoms with Crippen LogP contribution in [0.5, 0.6) is 0 Å². The van der Waals surface area contributed by atoms with Crippen molar-refractivity contribution in [1.82, 2.24) is 9.55 Å². The smallest absolute Gasteiger partial charge is 0.0945 e. The summed E-state index contributed by atoms with van der Waals surface area (Å²) in [5.41, 5.74) is 3.93. The molecule has 0 fully saturated rings. The summed E-state index contributed by atoms with van der Waals surface area (Å²) >= 11 is 0. The third kappa shape index (κ3) is 2.57. The summed E-state index contributed by atoms with van der Waals surface area (Å²) in [6.45, 7) is 2.35. The van der Waals surface area contributed by atoms with E-state index in [2.05, 4.69) is 64.1 Å². The van der Waals surface area contributed by atoms with E-state index in [9.17, 15) is 0 Å². The molecule has 2 aromatic carbocycles. The summed E-state index contributed by atoms with van der Waals surface area (Å²) in [7, 11) is 0. The number of aromatic nitrogens is 2. The molecule has 0 aliphatic carbocycles. The van der Waals surface area contributed by atoms with Crippen LogP contribution in [-0.4, -0.2) is 16.2 Å². The second kappa shape index (κ2) is 6.01. The first-order valence-electron chi connectivity index (χ1n) is 8.06. The molecule has 1 aromatic heterocycles. The zero-order valence-corrected chi connectivity index (χ0v) is 13.1. The van der Waals surface area contributed by atoms with Crippen LogP contribution in [0.3, 0.4) is 0 Å². The van der Waals surface area contributed by atoms with Crippen LogP contribution in [0.1, 0.15) is 23.1 Å². The van der Waals surface area contributed by atoms with Crippen LogP contribution in [0.4, 0.5) is 0 Å². The number of hydrogen-bond donors (Lipinski definition) is 0. The van der Waals surface area contributed by atoms with Crippen molar-refractivity contribution < 1.29 is 4.74 Å². The van der Waals surface area contributed by atoms with Crippen LogP contribution in [0, 0.1) is 0 Å². The highest BCUT2D eigenvalue weighted by Gasteiger charge is 2.38. The molecule has 0 N–H and O–H groups in total. The van der Waals surface area contributed by atoms with Crippen molar-refractivity contribution in [1.29, 1.82) is 0 Å². The largest absolute Gasteiger partial charge is 0.375 e. The predicted molar refractivity (Wildman–Crippen MR) is 90.2 cm³/mol. The van der Waals surface area contributed by atoms with Gasteiger partial charge >= 0.3 is 0 Å². The molecule has 116 valence electrons. The molecule has 1 aliphatic heterocycles. The summed E-state index contributed by atoms with van der Waals surface area (Å²) in [6, 6.07) is 19.4. The topological polar surface area (TPSA) is 27.1 Å². The minimum Gasteiger partial charge on any atom is -0.375 e. The van der Waals surface area contributed by atoms with Gasteiger partial charge in [-0.05, 0) is 23.1 Å². The van der Waals surface area contributed by atoms with Gasteiger partial charge in [-0.1, -0.05) is 54.6 Å². The summed E-state index contributed by atoms with van der Waals surface area (Å²) in [4.78, 5) is 4.16. The van der Waals surface area contributed by atoms with Crippen molar-refractivity contribution in [2.75, 3.05) is 6.61 Å². The van der Waals surface area contributed by atoms with E-state index in [-0.39, 0.29) is 5.41 Å². The lowest BCUT2D eigenvalue weighted by atomic mass is 9.70. The van der Waals surface area contributed by atoms with Gasteiger partial charge in [0.05, 0.1) is 19.5 Å². The summed E-state index contributed by atoms with van der Waals surface area (Å²) < 4.78 is 8.15. The standard InChI is InChI=1S/C20H20N2O/c1-2-7-18(8-3-1)20(10-12-22-13-11-21-16-22)15-23-14-17-6-4-5-9-19(17)20/h1-9,11,13,16H,10,12,14-15H2. The van der Waals surface area contributed by atoms with E-state index in [1.165, 1.54) is 16.7 Å². The maximum Gasteiger partial charge on any atom is 0.0945 e. The summed E-state index contributed by atoms with van der Waals surface area (Å²) in [6.07, 6.45) is 6.73. The quantitative estimate of drug-likeness (QED) is 0.733. The van der Waals surface area contributed by atoms with Crippen molar-refractivity contribution >= 4 is 0 Å². The lowest BCUT2D eigenvalue weighted by Gasteiger charge is -2.40. The number of ether oxygens (including phenoxy) is 1. The molecule has 0 saturated heterocycles. The number of fused-ring (bicyclic) bond motifs is 1. The fourth-order valence-electron chi connectivity index (χ4n) is 3.61. The Labute approximate surface area is 136 Å². The maximum atomic E-state index is 6.01. The Balaban J connectivity index is 1.79. The molecule has 0 saturated carbocycles. The lowest BCUT2D eigenvalue weighted by molar-refractivity contribution is 0.0604. The van der Waals surface area contributed by atoms with Crippen LogP contribution < -0.4 is 0 Å². The monoisotopic (exact) mass is 304 g/mol. The number of nitrogens with zero attached hydrogens (tertiary/aromatic N) is 2. The zero-order chi connectivity index (χ0) is 15.5. The van der Waals surface area contributed by atoms with Crippen molar-refractivity contribution in [3.63, 3.8) is 0 Å². The molecule has 3 heteroatoms. The zero-order valence-electron chi connectivity index (χ0n) is 13.1. The van der Waals surface area contributed by atoms with Gasteiger partial charge < -0.3 is 9.30 Å². The molecule has 3 nitrogen and oxygen atoms in total. The van der Waals surface area contributed by atoms with E-state index < -0.39 is 0 Å². The van der Waals surface area contributed by atoms with Crippen LogP contribution in [-0.2, 0) is 23.3 Å². The lowest BCUT2D eigenvalue weighted by Crippen LogP contribution is -2.38. The minimum absolute atomic E-state index is 0.0969. The Morgan fingerprint density at radius 1 is 1.04 bits per heavy atom. The third-order valence-electron chi connectivity index (χ3n) is 4.82. The van der Waals surface area contributed by atoms with Crippen LogP contribution in [0.25, 0.3) is 0 Å². The maximum absolute atomic E-state index is 6.01. The van der Waals surface area contributed by atoms with Crippen molar-refractivity contribution in [2.24, 2.45) is 0 Å². The predicted octanol–water partition coefficient (Wildman–Crippen LogP) is 3.79. The van der Waals surface area contributed by atoms with Gasteiger partial charge in [-0.2, -0.15) is 0 Å². The van der Waals surface area contributed by atoms with Gasteiger partial charge in [0, 0.05) is 24.4 Å². The molecule has 0 bridgehead atoms. The third-order valence-corrected chi connectivity index (χ3v) is 4.82. The molecule has 3 aromatic rings. The molecule has 4 rings (SSSR count). The Morgan fingerprint density at radius 3 is 2.70 bits per heavy atom. The Bertz CT molecular complexity index is 767. The van der Waals surface area contributed by atoms with E-state index in [4.69, 9.17) is 4.74 Å². The highest BCUT2D eigenvalue weighted by molar-refractivity contribution is 5.45. The van der Waals surface area contributed by atoms with E-state index in [0.29, 0.717) is 6.61 Å². The first-order valence-corrected chi connectivity index (χ1v) is 8.06. The molecule has 0 amide bonds. The van der Waals surface area contributed by atoms with E-state index in [1.807, 2.05) is 18.7 Å². The highest BCUT2D eigenvalue weighted by atomic mass is 16.5. The summed E-state index contributed by atoms with van der Waals surface area (Å²) in [5, 5.41) is 0. The van der Waals surface area contributed by atoms with Gasteiger partial charge in [-0.3, -0.25) is 0 Å². The molecule has 23 heavy (non-hydrogen) atoms. The van der Waals surface area contributed by atoms with Crippen molar-refractivity contribution in [3.05, 3.63) is 90.0 Å². The van der Waals surface area contributed by atoms with Crippen LogP contribution in [0.15, 0.2) is 73.3 Å². The second-order valence-electron chi connectivity index (χ2n) is 6.15. The Morgan fingerprint density at radius 2 is 1.87 bits per heavy atom. The molecular formula is C20H20N2O. The van der Waals surface area contributed by atoms with Gasteiger partial charge in [0.15, 0.2) is 0 Å². The van der Waals surface area contributed by atoms with Gasteiger partial charge in [0.25, 0.3) is 0 Å². The molecule has 1 unspecified atom stereocenters. The fraction of sp³-hybridized carbons (Fsp3) is 0.250. The Kier molecular flexibility index (Phi) is 3.72. The molecule has 0 radical (unpaired) electrons. The number of aryl methyl sites for hydroxylation is 1. The minimum atomic E-state index is -0.0969. The van der Waals surface area contributed by atoms with Gasteiger partial charge in [0.2, 0.25) is 0 Å². The first kappa shape index (κ1) is 14.2. The van der Waals surface area contributed by atoms with Crippen molar-refractivity contribution in [3.8, 4) is 0 Å². The molecule has 1 atom stereocenters. The van der Waals surface area contributed by atoms with E-state index in [1.54, 1.807) is 0 Å². The average molecular weight is 304 g/mol. The van der Waals surface area contributed by atoms with Crippen molar-refractivity contribution in [2.45, 2.75) is 25.0 Å². The Hall–Kier alpha value is -2.39. The van der Waals surface area contributed by atoms with Gasteiger partial charge in [0.1, 0.15) is 0 Å². The molecule has 2 heterocycles. The SMILES string of the molecule is c1ccc(C2(CCn3ccnc3)COCc3ccccc32)cc1. The number of rotatable bonds is 4. The number of hydrogen-bond acceptors (Lipinski definition) is 2. The fourth-order valence-corrected chi connectivity index (χ4v) is 3.61. The van der Waals surface area contributed by atoms with Crippen LogP contribution >= 0.6 is 0 Å². The molecule has 0 spiro atoms. The second-order valence-corrected chi connectivity index (χ2v) is 6.15. The molecular weight excluding hydrogens is 284 g/mol. The highest BCUT2D eigenvalue weighted by Crippen LogP contribution is 2.41.